The lowest BCUT2D eigenvalue weighted by Gasteiger charge is -2.30. The van der Waals surface area contributed by atoms with Gasteiger partial charge in [0.05, 0.1) is 6.10 Å². The zero-order valence-corrected chi connectivity index (χ0v) is 9.79. The van der Waals surface area contributed by atoms with Gasteiger partial charge < -0.3 is 15.2 Å². The van der Waals surface area contributed by atoms with Crippen molar-refractivity contribution in [1.29, 1.82) is 0 Å². The number of rotatable bonds is 2. The van der Waals surface area contributed by atoms with Crippen LogP contribution in [0.25, 0.3) is 0 Å². The van der Waals surface area contributed by atoms with Gasteiger partial charge in [-0.1, -0.05) is 0 Å². The molecule has 88 valence electrons. The van der Waals surface area contributed by atoms with Gasteiger partial charge in [0.1, 0.15) is 5.60 Å². The molecule has 0 radical (unpaired) electrons. The normalized spacial score (nSPS) is 27.5. The molecule has 2 atom stereocenters. The molecule has 1 heterocycles. The van der Waals surface area contributed by atoms with Crippen LogP contribution in [0.5, 0.6) is 0 Å². The number of carbonyl (C=O) groups excluding carboxylic acids is 1. The molecular formula is C11H21NO3. The molecule has 1 fully saturated rings. The van der Waals surface area contributed by atoms with Gasteiger partial charge in [0.2, 0.25) is 0 Å². The largest absolute Gasteiger partial charge is 0.458 e. The Morgan fingerprint density at radius 3 is 2.67 bits per heavy atom. The fourth-order valence-electron chi connectivity index (χ4n) is 1.61. The van der Waals surface area contributed by atoms with Crippen LogP contribution in [0, 0.1) is 0 Å². The van der Waals surface area contributed by atoms with E-state index in [-0.39, 0.29) is 12.1 Å². The third-order valence-corrected chi connectivity index (χ3v) is 2.28. The number of esters is 1. The number of hydrogen-bond donors (Lipinski definition) is 1. The smallest absolute Gasteiger partial charge is 0.335 e. The maximum atomic E-state index is 11.7. The standard InChI is InChI=1S/C11H21NO3/c1-11(2,3)15-10(13)9-6-4-5-8(7-12)14-9/h8-9H,4-7,12H2,1-3H3/t8-,9-/m0/s1. The lowest BCUT2D eigenvalue weighted by atomic mass is 10.0. The predicted molar refractivity (Wildman–Crippen MR) is 57.4 cm³/mol. The molecule has 2 N–H and O–H groups in total. The molecule has 0 saturated carbocycles. The zero-order valence-electron chi connectivity index (χ0n) is 9.79. The lowest BCUT2D eigenvalue weighted by molar-refractivity contribution is -0.176. The minimum atomic E-state index is -0.448. The summed E-state index contributed by atoms with van der Waals surface area (Å²) in [5.41, 5.74) is 5.07. The monoisotopic (exact) mass is 215 g/mol. The summed E-state index contributed by atoms with van der Waals surface area (Å²) in [6.45, 7) is 6.04. The Hall–Kier alpha value is -0.610. The average molecular weight is 215 g/mol. The fraction of sp³-hybridized carbons (Fsp3) is 0.909. The molecule has 0 amide bonds. The molecule has 0 aromatic carbocycles. The third-order valence-electron chi connectivity index (χ3n) is 2.28. The minimum absolute atomic E-state index is 0.0104. The van der Waals surface area contributed by atoms with Crippen LogP contribution in [0.2, 0.25) is 0 Å². The van der Waals surface area contributed by atoms with Crippen molar-refractivity contribution in [2.24, 2.45) is 5.73 Å². The van der Waals surface area contributed by atoms with Crippen molar-refractivity contribution in [2.75, 3.05) is 6.54 Å². The van der Waals surface area contributed by atoms with E-state index in [0.29, 0.717) is 6.54 Å². The molecule has 0 spiro atoms. The van der Waals surface area contributed by atoms with Crippen LogP contribution >= 0.6 is 0 Å². The topological polar surface area (TPSA) is 61.5 Å². The zero-order chi connectivity index (χ0) is 11.5. The first-order valence-electron chi connectivity index (χ1n) is 5.51. The second-order valence-corrected chi connectivity index (χ2v) is 4.95. The molecule has 0 aromatic rings. The van der Waals surface area contributed by atoms with Crippen LogP contribution in [-0.4, -0.2) is 30.3 Å². The predicted octanol–water partition coefficient (Wildman–Crippen LogP) is 1.22. The highest BCUT2D eigenvalue weighted by Gasteiger charge is 2.30. The third kappa shape index (κ3) is 4.18. The number of nitrogens with two attached hydrogens (primary N) is 1. The van der Waals surface area contributed by atoms with Crippen LogP contribution in [-0.2, 0) is 14.3 Å². The summed E-state index contributed by atoms with van der Waals surface area (Å²) in [5, 5.41) is 0. The summed E-state index contributed by atoms with van der Waals surface area (Å²) in [6.07, 6.45) is 2.25. The molecule has 4 heteroatoms. The van der Waals surface area contributed by atoms with Gasteiger partial charge in [-0.25, -0.2) is 4.79 Å². The highest BCUT2D eigenvalue weighted by atomic mass is 16.6. The van der Waals surface area contributed by atoms with Gasteiger partial charge in [0.25, 0.3) is 0 Å². The van der Waals surface area contributed by atoms with Crippen LogP contribution in [0.15, 0.2) is 0 Å². The van der Waals surface area contributed by atoms with Crippen LogP contribution in [0.1, 0.15) is 40.0 Å². The molecular weight excluding hydrogens is 194 g/mol. The van der Waals surface area contributed by atoms with Crippen molar-refractivity contribution in [3.8, 4) is 0 Å². The molecule has 1 aliphatic heterocycles. The summed E-state index contributed by atoms with van der Waals surface area (Å²) in [4.78, 5) is 11.7. The number of carbonyl (C=O) groups is 1. The van der Waals surface area contributed by atoms with Crippen molar-refractivity contribution >= 4 is 5.97 Å². The van der Waals surface area contributed by atoms with Crippen LogP contribution in [0.3, 0.4) is 0 Å². The molecule has 0 bridgehead atoms. The number of ether oxygens (including phenoxy) is 2. The van der Waals surface area contributed by atoms with Gasteiger partial charge >= 0.3 is 5.97 Å². The first-order valence-corrected chi connectivity index (χ1v) is 5.51. The van der Waals surface area contributed by atoms with E-state index in [1.165, 1.54) is 0 Å². The lowest BCUT2D eigenvalue weighted by Crippen LogP contribution is -2.40. The average Bonchev–Trinajstić information content (AvgIpc) is 2.15. The number of hydrogen-bond acceptors (Lipinski definition) is 4. The molecule has 0 unspecified atom stereocenters. The van der Waals surface area contributed by atoms with Gasteiger partial charge in [-0.05, 0) is 40.0 Å². The van der Waals surface area contributed by atoms with E-state index in [1.807, 2.05) is 20.8 Å². The summed E-state index contributed by atoms with van der Waals surface area (Å²) in [5.74, 6) is -0.263. The van der Waals surface area contributed by atoms with E-state index in [9.17, 15) is 4.79 Å². The highest BCUT2D eigenvalue weighted by Crippen LogP contribution is 2.21. The summed E-state index contributed by atoms with van der Waals surface area (Å²) in [7, 11) is 0. The van der Waals surface area contributed by atoms with Crippen molar-refractivity contribution in [2.45, 2.75) is 57.8 Å². The van der Waals surface area contributed by atoms with Crippen molar-refractivity contribution in [1.82, 2.24) is 0 Å². The summed E-state index contributed by atoms with van der Waals surface area (Å²) < 4.78 is 10.8. The van der Waals surface area contributed by atoms with E-state index in [0.717, 1.165) is 19.3 Å². The Bertz CT molecular complexity index is 222. The van der Waals surface area contributed by atoms with Crippen molar-refractivity contribution in [3.63, 3.8) is 0 Å². The van der Waals surface area contributed by atoms with Gasteiger partial charge in [0.15, 0.2) is 6.10 Å². The Balaban J connectivity index is 2.45. The molecule has 0 aromatic heterocycles. The Morgan fingerprint density at radius 1 is 1.47 bits per heavy atom. The van der Waals surface area contributed by atoms with E-state index < -0.39 is 11.7 Å². The molecule has 1 rings (SSSR count). The molecule has 1 aliphatic rings. The molecule has 4 nitrogen and oxygen atoms in total. The molecule has 0 aliphatic carbocycles. The first-order chi connectivity index (χ1) is 6.92. The quantitative estimate of drug-likeness (QED) is 0.704. The van der Waals surface area contributed by atoms with Crippen molar-refractivity contribution in [3.05, 3.63) is 0 Å². The van der Waals surface area contributed by atoms with Gasteiger partial charge in [-0.2, -0.15) is 0 Å². The van der Waals surface area contributed by atoms with Crippen LogP contribution in [0.4, 0.5) is 0 Å². The SMILES string of the molecule is CC(C)(C)OC(=O)[C@@H]1CCC[C@@H](CN)O1. The Labute approximate surface area is 91.1 Å². The van der Waals surface area contributed by atoms with E-state index in [1.54, 1.807) is 0 Å². The maximum Gasteiger partial charge on any atom is 0.335 e. The summed E-state index contributed by atoms with van der Waals surface area (Å²) >= 11 is 0. The second-order valence-electron chi connectivity index (χ2n) is 4.95. The van der Waals surface area contributed by atoms with E-state index >= 15 is 0 Å². The Morgan fingerprint density at radius 2 is 2.13 bits per heavy atom. The minimum Gasteiger partial charge on any atom is -0.458 e. The summed E-state index contributed by atoms with van der Waals surface area (Å²) in [6, 6.07) is 0. The second kappa shape index (κ2) is 4.94. The van der Waals surface area contributed by atoms with Crippen molar-refractivity contribution < 1.29 is 14.3 Å². The molecule has 15 heavy (non-hydrogen) atoms. The van der Waals surface area contributed by atoms with Gasteiger partial charge in [-0.3, -0.25) is 0 Å². The van der Waals surface area contributed by atoms with Crippen LogP contribution < -0.4 is 5.73 Å². The van der Waals surface area contributed by atoms with E-state index in [4.69, 9.17) is 15.2 Å². The molecule has 1 saturated heterocycles. The fourth-order valence-corrected chi connectivity index (χ4v) is 1.61. The van der Waals surface area contributed by atoms with Gasteiger partial charge in [-0.15, -0.1) is 0 Å². The maximum absolute atomic E-state index is 11.7. The van der Waals surface area contributed by atoms with E-state index in [2.05, 4.69) is 0 Å². The highest BCUT2D eigenvalue weighted by molar-refractivity contribution is 5.75. The van der Waals surface area contributed by atoms with Gasteiger partial charge in [0, 0.05) is 6.54 Å². The Kier molecular flexibility index (Phi) is 4.11. The first kappa shape index (κ1) is 12.5.